The van der Waals surface area contributed by atoms with E-state index in [0.717, 1.165) is 19.5 Å². The molecule has 0 aliphatic carbocycles. The molecule has 0 atom stereocenters. The van der Waals surface area contributed by atoms with Crippen molar-refractivity contribution in [1.82, 2.24) is 15.1 Å². The maximum absolute atomic E-state index is 13.7. The Balaban J connectivity index is 1.75. The monoisotopic (exact) mass is 258 g/mol. The number of nitriles is 1. The van der Waals surface area contributed by atoms with Gasteiger partial charge in [0.2, 0.25) is 0 Å². The molecule has 1 aromatic heterocycles. The van der Waals surface area contributed by atoms with E-state index >= 15 is 0 Å². The number of nitrogens with one attached hydrogen (secondary N) is 1. The molecule has 0 unspecified atom stereocenters. The number of hydrogen-bond donors (Lipinski definition) is 1. The van der Waals surface area contributed by atoms with Crippen molar-refractivity contribution >= 4 is 0 Å². The highest BCUT2D eigenvalue weighted by molar-refractivity contribution is 5.34. The molecule has 0 saturated heterocycles. The molecule has 0 spiro atoms. The van der Waals surface area contributed by atoms with E-state index in [0.29, 0.717) is 12.1 Å². The van der Waals surface area contributed by atoms with E-state index in [-0.39, 0.29) is 5.56 Å². The van der Waals surface area contributed by atoms with E-state index in [9.17, 15) is 4.39 Å². The minimum Gasteiger partial charge on any atom is -0.312 e. The Morgan fingerprint density at radius 1 is 1.37 bits per heavy atom. The van der Waals surface area contributed by atoms with Crippen molar-refractivity contribution in [3.05, 3.63) is 53.6 Å². The lowest BCUT2D eigenvalue weighted by Crippen LogP contribution is -2.17. The molecule has 2 rings (SSSR count). The summed E-state index contributed by atoms with van der Waals surface area (Å²) in [6.07, 6.45) is 4.58. The van der Waals surface area contributed by atoms with Crippen LogP contribution in [0.3, 0.4) is 0 Å². The van der Waals surface area contributed by atoms with E-state index in [2.05, 4.69) is 10.4 Å². The fourth-order valence-corrected chi connectivity index (χ4v) is 1.82. The van der Waals surface area contributed by atoms with Gasteiger partial charge in [0.1, 0.15) is 11.9 Å². The summed E-state index contributed by atoms with van der Waals surface area (Å²) < 4.78 is 15.6. The quantitative estimate of drug-likeness (QED) is 0.807. The molecule has 2 aromatic rings. The van der Waals surface area contributed by atoms with E-state index in [1.807, 2.05) is 23.0 Å². The highest BCUT2D eigenvalue weighted by atomic mass is 19.1. The molecule has 0 aliphatic rings. The van der Waals surface area contributed by atoms with Gasteiger partial charge in [-0.3, -0.25) is 4.68 Å². The van der Waals surface area contributed by atoms with Crippen LogP contribution in [0.15, 0.2) is 36.7 Å². The zero-order valence-corrected chi connectivity index (χ0v) is 10.5. The second-order valence-corrected chi connectivity index (χ2v) is 4.19. The minimum absolute atomic E-state index is 0.0934. The summed E-state index contributed by atoms with van der Waals surface area (Å²) in [6, 6.07) is 8.60. The molecule has 0 radical (unpaired) electrons. The van der Waals surface area contributed by atoms with Crippen LogP contribution in [0.1, 0.15) is 17.5 Å². The van der Waals surface area contributed by atoms with Gasteiger partial charge in [-0.15, -0.1) is 0 Å². The molecule has 0 aliphatic heterocycles. The van der Waals surface area contributed by atoms with Crippen LogP contribution in [0.2, 0.25) is 0 Å². The number of hydrogen-bond acceptors (Lipinski definition) is 3. The third kappa shape index (κ3) is 3.63. The van der Waals surface area contributed by atoms with Crippen LogP contribution in [-0.4, -0.2) is 16.3 Å². The predicted molar refractivity (Wildman–Crippen MR) is 69.7 cm³/mol. The van der Waals surface area contributed by atoms with Crippen LogP contribution in [0.4, 0.5) is 4.39 Å². The zero-order valence-electron chi connectivity index (χ0n) is 10.5. The molecule has 19 heavy (non-hydrogen) atoms. The van der Waals surface area contributed by atoms with Crippen LogP contribution in [-0.2, 0) is 13.1 Å². The van der Waals surface area contributed by atoms with Crippen molar-refractivity contribution in [1.29, 1.82) is 5.26 Å². The van der Waals surface area contributed by atoms with E-state index in [1.165, 1.54) is 6.07 Å². The summed E-state index contributed by atoms with van der Waals surface area (Å²) in [7, 11) is 0. The Hall–Kier alpha value is -2.19. The molecule has 0 saturated carbocycles. The van der Waals surface area contributed by atoms with Crippen molar-refractivity contribution < 1.29 is 4.39 Å². The largest absolute Gasteiger partial charge is 0.312 e. The van der Waals surface area contributed by atoms with Crippen molar-refractivity contribution in [3.8, 4) is 6.07 Å². The van der Waals surface area contributed by atoms with E-state index in [1.54, 1.807) is 18.3 Å². The third-order valence-electron chi connectivity index (χ3n) is 2.81. The van der Waals surface area contributed by atoms with Crippen LogP contribution < -0.4 is 5.32 Å². The van der Waals surface area contributed by atoms with Gasteiger partial charge >= 0.3 is 0 Å². The van der Waals surface area contributed by atoms with Gasteiger partial charge in [-0.25, -0.2) is 4.39 Å². The number of aryl methyl sites for hydroxylation is 1. The zero-order chi connectivity index (χ0) is 13.5. The average molecular weight is 258 g/mol. The van der Waals surface area contributed by atoms with Crippen molar-refractivity contribution in [2.45, 2.75) is 19.5 Å². The number of benzene rings is 1. The Labute approximate surface area is 111 Å². The SMILES string of the molecule is N#Cc1cccc(CNCCCn2cccn2)c1F. The highest BCUT2D eigenvalue weighted by Gasteiger charge is 2.06. The number of nitrogens with zero attached hydrogens (tertiary/aromatic N) is 3. The Kier molecular flexibility index (Phi) is 4.65. The van der Waals surface area contributed by atoms with Crippen LogP contribution >= 0.6 is 0 Å². The maximum atomic E-state index is 13.7. The first kappa shape index (κ1) is 13.2. The third-order valence-corrected chi connectivity index (χ3v) is 2.81. The predicted octanol–water partition coefficient (Wildman–Crippen LogP) is 2.07. The fraction of sp³-hybridized carbons (Fsp3) is 0.286. The van der Waals surface area contributed by atoms with Crippen LogP contribution in [0.25, 0.3) is 0 Å². The Morgan fingerprint density at radius 3 is 3.00 bits per heavy atom. The summed E-state index contributed by atoms with van der Waals surface area (Å²) in [5.41, 5.74) is 0.619. The molecular weight excluding hydrogens is 243 g/mol. The summed E-state index contributed by atoms with van der Waals surface area (Å²) >= 11 is 0. The van der Waals surface area contributed by atoms with Crippen LogP contribution in [0.5, 0.6) is 0 Å². The second kappa shape index (κ2) is 6.66. The van der Waals surface area contributed by atoms with E-state index < -0.39 is 5.82 Å². The van der Waals surface area contributed by atoms with Crippen LogP contribution in [0, 0.1) is 17.1 Å². The van der Waals surface area contributed by atoms with Gasteiger partial charge < -0.3 is 5.32 Å². The number of halogens is 1. The normalized spacial score (nSPS) is 10.3. The molecular formula is C14H15FN4. The fourth-order valence-electron chi connectivity index (χ4n) is 1.82. The van der Waals surface area contributed by atoms with Gasteiger partial charge in [0.25, 0.3) is 0 Å². The number of aromatic nitrogens is 2. The molecule has 1 heterocycles. The summed E-state index contributed by atoms with van der Waals surface area (Å²) in [5, 5.41) is 16.0. The average Bonchev–Trinajstić information content (AvgIpc) is 2.93. The topological polar surface area (TPSA) is 53.6 Å². The lowest BCUT2D eigenvalue weighted by molar-refractivity contribution is 0.533. The van der Waals surface area contributed by atoms with Gasteiger partial charge in [-0.2, -0.15) is 10.4 Å². The Morgan fingerprint density at radius 2 is 2.26 bits per heavy atom. The smallest absolute Gasteiger partial charge is 0.145 e. The second-order valence-electron chi connectivity index (χ2n) is 4.19. The lowest BCUT2D eigenvalue weighted by Gasteiger charge is -2.07. The number of rotatable bonds is 6. The molecule has 0 bridgehead atoms. The maximum Gasteiger partial charge on any atom is 0.145 e. The van der Waals surface area contributed by atoms with Gasteiger partial charge in [-0.05, 0) is 25.1 Å². The molecule has 5 heteroatoms. The molecule has 1 aromatic carbocycles. The minimum atomic E-state index is -0.426. The first-order valence-corrected chi connectivity index (χ1v) is 6.17. The molecule has 1 N–H and O–H groups in total. The molecule has 0 amide bonds. The first-order valence-electron chi connectivity index (χ1n) is 6.17. The van der Waals surface area contributed by atoms with Crippen molar-refractivity contribution in [2.75, 3.05) is 6.54 Å². The summed E-state index contributed by atoms with van der Waals surface area (Å²) in [5.74, 6) is -0.426. The summed E-state index contributed by atoms with van der Waals surface area (Å²) in [4.78, 5) is 0. The molecule has 4 nitrogen and oxygen atoms in total. The van der Waals surface area contributed by atoms with Crippen molar-refractivity contribution in [3.63, 3.8) is 0 Å². The van der Waals surface area contributed by atoms with Gasteiger partial charge in [0.05, 0.1) is 5.56 Å². The van der Waals surface area contributed by atoms with Gasteiger partial charge in [0, 0.05) is 31.0 Å². The van der Waals surface area contributed by atoms with E-state index in [4.69, 9.17) is 5.26 Å². The van der Waals surface area contributed by atoms with Gasteiger partial charge in [0.15, 0.2) is 0 Å². The summed E-state index contributed by atoms with van der Waals surface area (Å²) in [6.45, 7) is 2.04. The standard InChI is InChI=1S/C14H15FN4/c15-14-12(10-16)4-1-5-13(14)11-17-6-2-8-19-9-3-7-18-19/h1,3-5,7,9,17H,2,6,8,11H2. The van der Waals surface area contributed by atoms with Gasteiger partial charge in [-0.1, -0.05) is 12.1 Å². The lowest BCUT2D eigenvalue weighted by atomic mass is 10.1. The molecule has 0 fully saturated rings. The highest BCUT2D eigenvalue weighted by Crippen LogP contribution is 2.11. The Bertz CT molecular complexity index is 557. The van der Waals surface area contributed by atoms with Crippen molar-refractivity contribution in [2.24, 2.45) is 0 Å². The molecule has 98 valence electrons. The first-order chi connectivity index (χ1) is 9.31.